The van der Waals surface area contributed by atoms with E-state index in [4.69, 9.17) is 11.6 Å². The number of benzene rings is 2. The van der Waals surface area contributed by atoms with Crippen LogP contribution in [-0.4, -0.2) is 9.55 Å². The molecule has 0 aliphatic heterocycles. The lowest BCUT2D eigenvalue weighted by atomic mass is 10.2. The van der Waals surface area contributed by atoms with Gasteiger partial charge in [-0.05, 0) is 40.8 Å². The largest absolute Gasteiger partial charge is 0.292 e. The highest BCUT2D eigenvalue weighted by Crippen LogP contribution is 2.27. The number of fused-ring (bicyclic) bond motifs is 1. The number of alkyl halides is 1. The zero-order valence-electron chi connectivity index (χ0n) is 10.4. The fourth-order valence-electron chi connectivity index (χ4n) is 2.15. The summed E-state index contributed by atoms with van der Waals surface area (Å²) in [6.45, 7) is 0. The molecule has 21 heavy (non-hydrogen) atoms. The summed E-state index contributed by atoms with van der Waals surface area (Å²) in [5, 5.41) is 0. The Morgan fingerprint density at radius 3 is 2.62 bits per heavy atom. The lowest BCUT2D eigenvalue weighted by Gasteiger charge is -2.09. The lowest BCUT2D eigenvalue weighted by Crippen LogP contribution is -2.03. The van der Waals surface area contributed by atoms with Gasteiger partial charge in [-0.3, -0.25) is 4.57 Å². The number of imidazole rings is 1. The molecule has 0 spiro atoms. The molecule has 0 aliphatic rings. The molecule has 3 rings (SSSR count). The Labute approximate surface area is 136 Å². The Bertz CT molecular complexity index is 848. The quantitative estimate of drug-likeness (QED) is 0.429. The van der Waals surface area contributed by atoms with E-state index in [9.17, 15) is 13.2 Å². The smallest absolute Gasteiger partial charge is 0.182 e. The van der Waals surface area contributed by atoms with Crippen molar-refractivity contribution in [3.05, 3.63) is 57.2 Å². The summed E-state index contributed by atoms with van der Waals surface area (Å²) in [5.74, 6) is -2.16. The Morgan fingerprint density at radius 2 is 1.90 bits per heavy atom. The second kappa shape index (κ2) is 5.49. The molecule has 0 aliphatic carbocycles. The summed E-state index contributed by atoms with van der Waals surface area (Å²) < 4.78 is 43.0. The molecule has 2 nitrogen and oxygen atoms in total. The van der Waals surface area contributed by atoms with Crippen molar-refractivity contribution in [2.24, 2.45) is 0 Å². The van der Waals surface area contributed by atoms with E-state index in [1.54, 1.807) is 0 Å². The van der Waals surface area contributed by atoms with Gasteiger partial charge in [0.05, 0.1) is 26.2 Å². The van der Waals surface area contributed by atoms with E-state index in [1.807, 2.05) is 22.6 Å². The predicted molar refractivity (Wildman–Crippen MR) is 83.2 cm³/mol. The molecule has 0 bridgehead atoms. The van der Waals surface area contributed by atoms with Crippen LogP contribution in [0, 0.1) is 21.0 Å². The van der Waals surface area contributed by atoms with Gasteiger partial charge in [0.15, 0.2) is 11.6 Å². The molecule has 0 saturated carbocycles. The van der Waals surface area contributed by atoms with Crippen LogP contribution in [0.4, 0.5) is 13.2 Å². The van der Waals surface area contributed by atoms with Crippen LogP contribution in [-0.2, 0) is 5.88 Å². The standard InChI is InChI=1S/C14H7ClF3IN2/c15-6-13-20-10-5-9(19)8(17)4-12(10)21(13)11-3-1-2-7(16)14(11)18/h1-5H,6H2. The summed E-state index contributed by atoms with van der Waals surface area (Å²) in [6, 6.07) is 6.56. The van der Waals surface area contributed by atoms with E-state index < -0.39 is 17.5 Å². The number of nitrogens with zero attached hydrogens (tertiary/aromatic N) is 2. The summed E-state index contributed by atoms with van der Waals surface area (Å²) in [5.41, 5.74) is 0.766. The molecule has 0 unspecified atom stereocenters. The first-order chi connectivity index (χ1) is 10.0. The number of rotatable bonds is 2. The molecule has 0 saturated heterocycles. The molecule has 0 fully saturated rings. The van der Waals surface area contributed by atoms with E-state index in [2.05, 4.69) is 4.98 Å². The molecular weight excluding hydrogens is 416 g/mol. The number of halogens is 5. The molecule has 0 atom stereocenters. The molecule has 7 heteroatoms. The maximum atomic E-state index is 14.0. The van der Waals surface area contributed by atoms with Crippen LogP contribution >= 0.6 is 34.2 Å². The van der Waals surface area contributed by atoms with Gasteiger partial charge in [-0.2, -0.15) is 0 Å². The summed E-state index contributed by atoms with van der Waals surface area (Å²) in [6.07, 6.45) is 0. The molecule has 1 aromatic heterocycles. The highest BCUT2D eigenvalue weighted by molar-refractivity contribution is 14.1. The third-order valence-corrected chi connectivity index (χ3v) is 4.12. The molecule has 108 valence electrons. The summed E-state index contributed by atoms with van der Waals surface area (Å²) in [7, 11) is 0. The van der Waals surface area contributed by atoms with Crippen LogP contribution in [0.3, 0.4) is 0 Å². The van der Waals surface area contributed by atoms with E-state index in [0.29, 0.717) is 20.4 Å². The molecular formula is C14H7ClF3IN2. The number of hydrogen-bond acceptors (Lipinski definition) is 1. The van der Waals surface area contributed by atoms with Crippen molar-refractivity contribution >= 4 is 45.2 Å². The second-order valence-electron chi connectivity index (χ2n) is 4.33. The van der Waals surface area contributed by atoms with Gasteiger partial charge in [0.25, 0.3) is 0 Å². The van der Waals surface area contributed by atoms with Crippen LogP contribution in [0.2, 0.25) is 0 Å². The Kier molecular flexibility index (Phi) is 3.83. The third kappa shape index (κ3) is 2.40. The molecule has 2 aromatic carbocycles. The van der Waals surface area contributed by atoms with E-state index >= 15 is 0 Å². The first-order valence-corrected chi connectivity index (χ1v) is 7.51. The SMILES string of the molecule is Fc1cc2c(cc1I)nc(CCl)n2-c1cccc(F)c1F. The molecule has 0 N–H and O–H groups in total. The minimum Gasteiger partial charge on any atom is -0.292 e. The van der Waals surface area contributed by atoms with E-state index in [1.165, 1.54) is 28.8 Å². The first-order valence-electron chi connectivity index (χ1n) is 5.89. The van der Waals surface area contributed by atoms with E-state index in [-0.39, 0.29) is 11.6 Å². The second-order valence-corrected chi connectivity index (χ2v) is 5.75. The Morgan fingerprint density at radius 1 is 1.14 bits per heavy atom. The highest BCUT2D eigenvalue weighted by atomic mass is 127. The predicted octanol–water partition coefficient (Wildman–Crippen LogP) is 4.79. The molecule has 0 radical (unpaired) electrons. The van der Waals surface area contributed by atoms with Gasteiger partial charge in [-0.1, -0.05) is 6.07 Å². The Hall–Kier alpha value is -1.28. The average Bonchev–Trinajstić information content (AvgIpc) is 2.80. The Balaban J connectivity index is 2.40. The first kappa shape index (κ1) is 14.6. The highest BCUT2D eigenvalue weighted by Gasteiger charge is 2.18. The van der Waals surface area contributed by atoms with Gasteiger partial charge < -0.3 is 0 Å². The van der Waals surface area contributed by atoms with Crippen molar-refractivity contribution in [2.45, 2.75) is 5.88 Å². The lowest BCUT2D eigenvalue weighted by molar-refractivity contribution is 0.504. The zero-order chi connectivity index (χ0) is 15.1. The van der Waals surface area contributed by atoms with Gasteiger partial charge in [-0.25, -0.2) is 18.2 Å². The molecule has 3 aromatic rings. The van der Waals surface area contributed by atoms with Gasteiger partial charge in [0.1, 0.15) is 11.6 Å². The number of hydrogen-bond donors (Lipinski definition) is 0. The normalized spacial score (nSPS) is 11.3. The van der Waals surface area contributed by atoms with Gasteiger partial charge in [-0.15, -0.1) is 11.6 Å². The molecule has 0 amide bonds. The van der Waals surface area contributed by atoms with Crippen LogP contribution in [0.1, 0.15) is 5.82 Å². The van der Waals surface area contributed by atoms with Crippen molar-refractivity contribution in [3.63, 3.8) is 0 Å². The summed E-state index contributed by atoms with van der Waals surface area (Å²) >= 11 is 7.67. The minimum atomic E-state index is -1.03. The van der Waals surface area contributed by atoms with Crippen LogP contribution in [0.5, 0.6) is 0 Å². The fourth-order valence-corrected chi connectivity index (χ4v) is 2.78. The fraction of sp³-hybridized carbons (Fsp3) is 0.0714. The van der Waals surface area contributed by atoms with Gasteiger partial charge in [0, 0.05) is 6.07 Å². The topological polar surface area (TPSA) is 17.8 Å². The third-order valence-electron chi connectivity index (χ3n) is 3.06. The van der Waals surface area contributed by atoms with Crippen molar-refractivity contribution in [2.75, 3.05) is 0 Å². The monoisotopic (exact) mass is 422 g/mol. The average molecular weight is 423 g/mol. The van der Waals surface area contributed by atoms with Crippen molar-refractivity contribution in [1.29, 1.82) is 0 Å². The molecule has 1 heterocycles. The minimum absolute atomic E-state index is 0.0111. The maximum absolute atomic E-state index is 14.0. The number of aromatic nitrogens is 2. The van der Waals surface area contributed by atoms with Crippen molar-refractivity contribution < 1.29 is 13.2 Å². The van der Waals surface area contributed by atoms with Crippen molar-refractivity contribution in [3.8, 4) is 5.69 Å². The maximum Gasteiger partial charge on any atom is 0.182 e. The van der Waals surface area contributed by atoms with E-state index in [0.717, 1.165) is 6.07 Å². The van der Waals surface area contributed by atoms with Crippen LogP contribution in [0.25, 0.3) is 16.7 Å². The van der Waals surface area contributed by atoms with Gasteiger partial charge >= 0.3 is 0 Å². The van der Waals surface area contributed by atoms with Crippen LogP contribution < -0.4 is 0 Å². The van der Waals surface area contributed by atoms with Crippen molar-refractivity contribution in [1.82, 2.24) is 9.55 Å². The summed E-state index contributed by atoms with van der Waals surface area (Å²) in [4.78, 5) is 4.25. The van der Waals surface area contributed by atoms with Crippen LogP contribution in [0.15, 0.2) is 30.3 Å². The zero-order valence-corrected chi connectivity index (χ0v) is 13.3. The van der Waals surface area contributed by atoms with Gasteiger partial charge in [0.2, 0.25) is 0 Å².